The zero-order valence-corrected chi connectivity index (χ0v) is 30.8. The van der Waals surface area contributed by atoms with E-state index < -0.39 is 20.0 Å². The average Bonchev–Trinajstić information content (AvgIpc) is 3.11. The van der Waals surface area contributed by atoms with Gasteiger partial charge in [-0.1, -0.05) is 24.3 Å². The molecule has 0 amide bonds. The number of anilines is 2. The Morgan fingerprint density at radius 1 is 0.547 bits per heavy atom. The monoisotopic (exact) mass is 797 g/mol. The van der Waals surface area contributed by atoms with Gasteiger partial charge in [0.1, 0.15) is 0 Å². The third-order valence-electron chi connectivity index (χ3n) is 6.96. The molecule has 0 spiro atoms. The maximum Gasteiger partial charge on any atom is 2.00 e. The van der Waals surface area contributed by atoms with E-state index >= 15 is 0 Å². The van der Waals surface area contributed by atoms with E-state index in [0.717, 1.165) is 0 Å². The van der Waals surface area contributed by atoms with E-state index in [2.05, 4.69) is 39.4 Å². The van der Waals surface area contributed by atoms with Crippen molar-refractivity contribution in [3.8, 4) is 11.5 Å². The molecule has 6 rings (SSSR count). The van der Waals surface area contributed by atoms with Crippen LogP contribution >= 0.6 is 0 Å². The number of aromatic nitrogens is 4. The smallest absolute Gasteiger partial charge is 0.593 e. The minimum Gasteiger partial charge on any atom is -0.593 e. The number of nitrogens with zero attached hydrogens (tertiary/aromatic N) is 6. The van der Waals surface area contributed by atoms with Gasteiger partial charge in [-0.05, 0) is 86.6 Å². The topological polar surface area (TPSA) is 214 Å². The zero-order valence-electron chi connectivity index (χ0n) is 28.2. The molecule has 6 aromatic rings. The molecule has 0 aliphatic carbocycles. The Hall–Kier alpha value is -6.01. The average molecular weight is 798 g/mol. The summed E-state index contributed by atoms with van der Waals surface area (Å²) in [5, 5.41) is 15.6. The summed E-state index contributed by atoms with van der Waals surface area (Å²) in [7, 11) is -7.56. The van der Waals surface area contributed by atoms with E-state index in [9.17, 15) is 16.8 Å². The van der Waals surface area contributed by atoms with Crippen molar-refractivity contribution in [2.45, 2.75) is 23.6 Å². The molecule has 0 unspecified atom stereocenters. The second kappa shape index (κ2) is 18.0. The number of para-hydroxylation sites is 2. The molecule has 0 atom stereocenters. The number of rotatable bonds is 10. The van der Waals surface area contributed by atoms with Gasteiger partial charge in [-0.3, -0.25) is 9.98 Å². The van der Waals surface area contributed by atoms with Gasteiger partial charge < -0.3 is 10.2 Å². The van der Waals surface area contributed by atoms with Crippen LogP contribution in [0.4, 0.5) is 23.3 Å². The molecule has 4 aromatic carbocycles. The molecule has 0 aliphatic rings. The number of aryl methyl sites for hydroxylation is 2. The zero-order chi connectivity index (χ0) is 37.1. The normalized spacial score (nSPS) is 11.4. The molecule has 2 heterocycles. The Labute approximate surface area is 316 Å². The molecule has 1 radical (unpaired) electrons. The predicted octanol–water partition coefficient (Wildman–Crippen LogP) is 5.55. The summed E-state index contributed by atoms with van der Waals surface area (Å²) in [6, 6.07) is 29.7. The third kappa shape index (κ3) is 11.5. The summed E-state index contributed by atoms with van der Waals surface area (Å²) in [6.45, 7) is 3.50. The number of nitrogens with one attached hydrogen (secondary N) is 2. The molecule has 6 N–H and O–H groups in total. The summed E-state index contributed by atoms with van der Waals surface area (Å²) in [4.78, 5) is 24.6. The maximum atomic E-state index is 12.4. The summed E-state index contributed by atoms with van der Waals surface area (Å²) < 4.78 is 54.3. The first-order chi connectivity index (χ1) is 24.9. The van der Waals surface area contributed by atoms with Crippen LogP contribution in [0.5, 0.6) is 11.5 Å². The predicted molar refractivity (Wildman–Crippen MR) is 202 cm³/mol. The van der Waals surface area contributed by atoms with E-state index in [1.165, 1.54) is 36.7 Å². The maximum absolute atomic E-state index is 12.4. The fourth-order valence-electron chi connectivity index (χ4n) is 4.28. The first kappa shape index (κ1) is 39.8. The van der Waals surface area contributed by atoms with Crippen molar-refractivity contribution in [2.24, 2.45) is 9.98 Å². The van der Waals surface area contributed by atoms with Crippen molar-refractivity contribution >= 4 is 55.7 Å². The van der Waals surface area contributed by atoms with Gasteiger partial charge in [0, 0.05) is 48.3 Å². The van der Waals surface area contributed by atoms with Crippen molar-refractivity contribution < 1.29 is 43.8 Å². The Bertz CT molecular complexity index is 2280. The summed E-state index contributed by atoms with van der Waals surface area (Å²) in [6.07, 6.45) is 6.12. The molecule has 0 fully saturated rings. The summed E-state index contributed by atoms with van der Waals surface area (Å²) in [5.41, 5.74) is 3.86. The molecular formula is C36H34CoN8O6S2+4. The van der Waals surface area contributed by atoms with Crippen LogP contribution < -0.4 is 9.44 Å². The van der Waals surface area contributed by atoms with Gasteiger partial charge in [0.25, 0.3) is 31.5 Å². The quantitative estimate of drug-likeness (QED) is 0.132. The van der Waals surface area contributed by atoms with Crippen LogP contribution in [0.15, 0.2) is 141 Å². The number of aliphatic imine (C=N–C) groups is 2. The molecule has 53 heavy (non-hydrogen) atoms. The van der Waals surface area contributed by atoms with Crippen LogP contribution in [0.2, 0.25) is 0 Å². The van der Waals surface area contributed by atoms with Crippen molar-refractivity contribution in [1.82, 2.24) is 19.9 Å². The first-order valence-electron chi connectivity index (χ1n) is 15.4. The van der Waals surface area contributed by atoms with E-state index in [1.54, 1.807) is 99.1 Å². The van der Waals surface area contributed by atoms with Crippen molar-refractivity contribution in [1.29, 1.82) is 0 Å². The van der Waals surface area contributed by atoms with Crippen LogP contribution in [-0.2, 0) is 36.8 Å². The fraction of sp³-hybridized carbons (Fsp3) is 0.0556. The van der Waals surface area contributed by atoms with Crippen LogP contribution in [0.25, 0.3) is 0 Å². The Balaban J connectivity index is 0.000000232. The molecule has 0 bridgehead atoms. The fourth-order valence-corrected chi connectivity index (χ4v) is 6.19. The summed E-state index contributed by atoms with van der Waals surface area (Å²) in [5.74, 6) is 0.800. The van der Waals surface area contributed by atoms with E-state index in [1.807, 2.05) is 12.1 Å². The SMILES string of the molecule is Cc1ccnc(NS(=O)(=O)c2ccc(N=Cc3ccccc3[OH2+])cc2)n1.Cc1ccnc(NS(=O)(=O)c2ccc(N=Cc3ccccc3[OH2+])cc2)n1.[Co+2]. The molecule has 0 saturated heterocycles. The Morgan fingerprint density at radius 2 is 0.906 bits per heavy atom. The molecule has 2 aromatic heterocycles. The number of hydrogen-bond donors (Lipinski definition) is 2. The number of benzene rings is 4. The van der Waals surface area contributed by atoms with Crippen LogP contribution in [0.1, 0.15) is 22.5 Å². The largest absolute Gasteiger partial charge is 2.00 e. The van der Waals surface area contributed by atoms with Crippen molar-refractivity contribution in [3.63, 3.8) is 0 Å². The van der Waals surface area contributed by atoms with Gasteiger partial charge in [0.2, 0.25) is 11.9 Å². The minimum atomic E-state index is -3.78. The molecule has 271 valence electrons. The second-order valence-corrected chi connectivity index (χ2v) is 14.3. The van der Waals surface area contributed by atoms with Gasteiger partial charge in [0.05, 0.1) is 32.3 Å². The van der Waals surface area contributed by atoms with Crippen LogP contribution in [0.3, 0.4) is 0 Å². The Morgan fingerprint density at radius 3 is 1.25 bits per heavy atom. The van der Waals surface area contributed by atoms with Crippen molar-refractivity contribution in [2.75, 3.05) is 9.44 Å². The van der Waals surface area contributed by atoms with Gasteiger partial charge >= 0.3 is 16.8 Å². The van der Waals surface area contributed by atoms with Crippen LogP contribution in [-0.4, -0.2) is 59.4 Å². The van der Waals surface area contributed by atoms with E-state index in [4.69, 9.17) is 10.2 Å². The number of hydrogen-bond acceptors (Lipinski definition) is 10. The van der Waals surface area contributed by atoms with Crippen LogP contribution in [0, 0.1) is 13.8 Å². The minimum absolute atomic E-state index is 0. The standard InChI is InChI=1S/2C18H16N4O3S.Co/c2*1-13-10-11-19-18(21-13)22-26(24,25)16-8-6-15(7-9-16)20-12-14-4-2-3-5-17(14)23;/h2*2-12,23H,1H3,(H,19,21,22);/q;;+2/p+2. The van der Waals surface area contributed by atoms with Gasteiger partial charge in [0.15, 0.2) is 0 Å². The van der Waals surface area contributed by atoms with Gasteiger partial charge in [-0.25, -0.2) is 46.2 Å². The Kier molecular flexibility index (Phi) is 13.5. The molecular weight excluding hydrogens is 764 g/mol. The molecule has 14 nitrogen and oxygen atoms in total. The second-order valence-electron chi connectivity index (χ2n) is 10.9. The first-order valence-corrected chi connectivity index (χ1v) is 18.4. The summed E-state index contributed by atoms with van der Waals surface area (Å²) >= 11 is 0. The molecule has 17 heteroatoms. The van der Waals surface area contributed by atoms with E-state index in [-0.39, 0.29) is 38.5 Å². The van der Waals surface area contributed by atoms with E-state index in [0.29, 0.717) is 45.4 Å². The molecule has 0 saturated carbocycles. The number of sulfonamides is 2. The molecule has 0 aliphatic heterocycles. The van der Waals surface area contributed by atoms with Gasteiger partial charge in [-0.15, -0.1) is 0 Å². The van der Waals surface area contributed by atoms with Crippen molar-refractivity contribution in [3.05, 3.63) is 144 Å². The van der Waals surface area contributed by atoms with Gasteiger partial charge in [-0.2, -0.15) is 0 Å². The third-order valence-corrected chi connectivity index (χ3v) is 9.65.